The average molecular weight is 354 g/mol. The Kier molecular flexibility index (Phi) is 4.52. The van der Waals surface area contributed by atoms with E-state index in [9.17, 15) is 4.79 Å². The molecule has 5 heteroatoms. The Bertz CT molecular complexity index is 923. The van der Waals surface area contributed by atoms with Gasteiger partial charge in [0.15, 0.2) is 0 Å². The van der Waals surface area contributed by atoms with Crippen LogP contribution in [-0.2, 0) is 4.74 Å². The van der Waals surface area contributed by atoms with Crippen molar-refractivity contribution in [2.45, 2.75) is 26.4 Å². The first-order valence-corrected chi connectivity index (χ1v) is 8.96. The molecule has 0 radical (unpaired) electrons. The molecule has 1 aromatic heterocycles. The highest BCUT2D eigenvalue weighted by Gasteiger charge is 2.18. The van der Waals surface area contributed by atoms with E-state index in [1.54, 1.807) is 17.4 Å². The first-order chi connectivity index (χ1) is 11.7. The summed E-state index contributed by atoms with van der Waals surface area (Å²) in [6, 6.07) is 13.7. The van der Waals surface area contributed by atoms with Crippen LogP contribution in [0.15, 0.2) is 42.5 Å². The van der Waals surface area contributed by atoms with Crippen LogP contribution in [0, 0.1) is 0 Å². The number of nitrogens with zero attached hydrogens (tertiary/aromatic N) is 2. The first kappa shape index (κ1) is 17.4. The molecule has 1 heterocycles. The number of hydrogen-bond donors (Lipinski definition) is 0. The third-order valence-electron chi connectivity index (χ3n) is 3.63. The largest absolute Gasteiger partial charge is 0.456 e. The number of rotatable bonds is 3. The standard InChI is InChI=1S/C20H22N2O2S/c1-20(2,3)24-19(23)14-8-6-7-13(11-14)18-21-16-10-9-15(22(4)5)12-17(16)25-18/h6-12H,1-5H3. The van der Waals surface area contributed by atoms with E-state index in [1.807, 2.05) is 59.1 Å². The molecular weight excluding hydrogens is 332 g/mol. The van der Waals surface area contributed by atoms with Gasteiger partial charge in [0.2, 0.25) is 0 Å². The van der Waals surface area contributed by atoms with Crippen LogP contribution in [0.25, 0.3) is 20.8 Å². The fourth-order valence-corrected chi connectivity index (χ4v) is 3.43. The van der Waals surface area contributed by atoms with Crippen LogP contribution < -0.4 is 4.90 Å². The Morgan fingerprint density at radius 2 is 1.88 bits per heavy atom. The predicted molar refractivity (Wildman–Crippen MR) is 105 cm³/mol. The molecule has 0 saturated carbocycles. The topological polar surface area (TPSA) is 42.4 Å². The van der Waals surface area contributed by atoms with Gasteiger partial charge in [0.25, 0.3) is 0 Å². The van der Waals surface area contributed by atoms with E-state index in [2.05, 4.69) is 17.0 Å². The highest BCUT2D eigenvalue weighted by atomic mass is 32.1. The molecular formula is C20H22N2O2S. The van der Waals surface area contributed by atoms with Gasteiger partial charge in [-0.25, -0.2) is 9.78 Å². The molecule has 0 fully saturated rings. The van der Waals surface area contributed by atoms with Crippen LogP contribution in [0.2, 0.25) is 0 Å². The molecule has 0 atom stereocenters. The van der Waals surface area contributed by atoms with Crippen molar-refractivity contribution in [2.75, 3.05) is 19.0 Å². The molecule has 3 aromatic rings. The number of carbonyl (C=O) groups is 1. The van der Waals surface area contributed by atoms with E-state index >= 15 is 0 Å². The third kappa shape index (κ3) is 3.99. The van der Waals surface area contributed by atoms with Gasteiger partial charge < -0.3 is 9.64 Å². The van der Waals surface area contributed by atoms with Crippen molar-refractivity contribution in [2.24, 2.45) is 0 Å². The maximum absolute atomic E-state index is 12.3. The van der Waals surface area contributed by atoms with E-state index < -0.39 is 5.60 Å². The van der Waals surface area contributed by atoms with Gasteiger partial charge in [0.05, 0.1) is 15.8 Å². The monoisotopic (exact) mass is 354 g/mol. The van der Waals surface area contributed by atoms with Gasteiger partial charge in [0.1, 0.15) is 10.6 Å². The predicted octanol–water partition coefficient (Wildman–Crippen LogP) is 4.98. The van der Waals surface area contributed by atoms with Crippen molar-refractivity contribution >= 4 is 33.2 Å². The fraction of sp³-hybridized carbons (Fsp3) is 0.300. The van der Waals surface area contributed by atoms with Crippen molar-refractivity contribution < 1.29 is 9.53 Å². The molecule has 0 unspecified atom stereocenters. The lowest BCUT2D eigenvalue weighted by atomic mass is 10.1. The second-order valence-corrected chi connectivity index (χ2v) is 8.18. The molecule has 0 amide bonds. The first-order valence-electron chi connectivity index (χ1n) is 8.15. The summed E-state index contributed by atoms with van der Waals surface area (Å²) in [6.07, 6.45) is 0. The number of hydrogen-bond acceptors (Lipinski definition) is 5. The molecule has 130 valence electrons. The minimum absolute atomic E-state index is 0.314. The number of carbonyl (C=O) groups excluding carboxylic acids is 1. The van der Waals surface area contributed by atoms with Crippen LogP contribution in [0.3, 0.4) is 0 Å². The van der Waals surface area contributed by atoms with Crippen LogP contribution in [-0.4, -0.2) is 30.6 Å². The molecule has 0 spiro atoms. The summed E-state index contributed by atoms with van der Waals surface area (Å²) >= 11 is 1.63. The maximum Gasteiger partial charge on any atom is 0.338 e. The zero-order valence-corrected chi connectivity index (χ0v) is 16.0. The van der Waals surface area contributed by atoms with Crippen LogP contribution >= 0.6 is 11.3 Å². The van der Waals surface area contributed by atoms with E-state index in [0.29, 0.717) is 5.56 Å². The normalized spacial score (nSPS) is 11.6. The van der Waals surface area contributed by atoms with Crippen LogP contribution in [0.1, 0.15) is 31.1 Å². The minimum Gasteiger partial charge on any atom is -0.456 e. The smallest absolute Gasteiger partial charge is 0.338 e. The molecule has 0 aliphatic carbocycles. The molecule has 0 bridgehead atoms. The van der Waals surface area contributed by atoms with Crippen molar-refractivity contribution in [3.05, 3.63) is 48.0 Å². The molecule has 2 aromatic carbocycles. The number of anilines is 1. The van der Waals surface area contributed by atoms with E-state index in [-0.39, 0.29) is 5.97 Å². The summed E-state index contributed by atoms with van der Waals surface area (Å²) in [7, 11) is 4.04. The van der Waals surface area contributed by atoms with Gasteiger partial charge in [-0.15, -0.1) is 11.3 Å². The Hall–Kier alpha value is -2.40. The van der Waals surface area contributed by atoms with Crippen molar-refractivity contribution in [1.82, 2.24) is 4.98 Å². The molecule has 0 saturated heterocycles. The number of esters is 1. The summed E-state index contributed by atoms with van der Waals surface area (Å²) in [4.78, 5) is 19.1. The molecule has 25 heavy (non-hydrogen) atoms. The highest BCUT2D eigenvalue weighted by molar-refractivity contribution is 7.21. The fourth-order valence-electron chi connectivity index (χ4n) is 2.43. The Morgan fingerprint density at radius 1 is 1.12 bits per heavy atom. The highest BCUT2D eigenvalue weighted by Crippen LogP contribution is 2.32. The summed E-state index contributed by atoms with van der Waals surface area (Å²) in [5.74, 6) is -0.314. The molecule has 0 N–H and O–H groups in total. The lowest BCUT2D eigenvalue weighted by molar-refractivity contribution is 0.00696. The van der Waals surface area contributed by atoms with Gasteiger partial charge in [-0.2, -0.15) is 0 Å². The Morgan fingerprint density at radius 3 is 2.56 bits per heavy atom. The van der Waals surface area contributed by atoms with E-state index in [1.165, 1.54) is 0 Å². The number of fused-ring (bicyclic) bond motifs is 1. The second kappa shape index (κ2) is 6.48. The van der Waals surface area contributed by atoms with Gasteiger partial charge >= 0.3 is 5.97 Å². The third-order valence-corrected chi connectivity index (χ3v) is 4.70. The maximum atomic E-state index is 12.3. The van der Waals surface area contributed by atoms with E-state index in [0.717, 1.165) is 26.5 Å². The van der Waals surface area contributed by atoms with Gasteiger partial charge in [-0.3, -0.25) is 0 Å². The number of ether oxygens (including phenoxy) is 1. The summed E-state index contributed by atoms with van der Waals surface area (Å²) in [5.41, 5.74) is 3.07. The van der Waals surface area contributed by atoms with Crippen molar-refractivity contribution in [3.63, 3.8) is 0 Å². The number of thiazole rings is 1. The van der Waals surface area contributed by atoms with Crippen LogP contribution in [0.5, 0.6) is 0 Å². The minimum atomic E-state index is -0.508. The van der Waals surface area contributed by atoms with Crippen molar-refractivity contribution in [3.8, 4) is 10.6 Å². The number of aromatic nitrogens is 1. The second-order valence-electron chi connectivity index (χ2n) is 7.15. The summed E-state index contributed by atoms with van der Waals surface area (Å²) in [5, 5.41) is 0.899. The Labute approximate surface area is 152 Å². The quantitative estimate of drug-likeness (QED) is 0.622. The lowest BCUT2D eigenvalue weighted by Gasteiger charge is -2.19. The molecule has 0 aliphatic heterocycles. The van der Waals surface area contributed by atoms with E-state index in [4.69, 9.17) is 9.72 Å². The molecule has 3 rings (SSSR count). The van der Waals surface area contributed by atoms with Gasteiger partial charge in [-0.1, -0.05) is 12.1 Å². The summed E-state index contributed by atoms with van der Waals surface area (Å²) in [6.45, 7) is 5.60. The zero-order valence-electron chi connectivity index (χ0n) is 15.2. The average Bonchev–Trinajstić information content (AvgIpc) is 2.96. The lowest BCUT2D eigenvalue weighted by Crippen LogP contribution is -2.23. The number of benzene rings is 2. The zero-order chi connectivity index (χ0) is 18.2. The summed E-state index contributed by atoms with van der Waals surface area (Å²) < 4.78 is 6.58. The van der Waals surface area contributed by atoms with Gasteiger partial charge in [-0.05, 0) is 51.1 Å². The van der Waals surface area contributed by atoms with Gasteiger partial charge in [0, 0.05) is 25.3 Å². The molecule has 4 nitrogen and oxygen atoms in total. The SMILES string of the molecule is CN(C)c1ccc2nc(-c3cccc(C(=O)OC(C)(C)C)c3)sc2c1. The van der Waals surface area contributed by atoms with Crippen molar-refractivity contribution in [1.29, 1.82) is 0 Å². The molecule has 0 aliphatic rings. The Balaban J connectivity index is 1.95. The van der Waals surface area contributed by atoms with Crippen LogP contribution in [0.4, 0.5) is 5.69 Å².